The quantitative estimate of drug-likeness (QED) is 0.864. The lowest BCUT2D eigenvalue weighted by atomic mass is 9.89. The van der Waals surface area contributed by atoms with Crippen LogP contribution in [0.2, 0.25) is 0 Å². The Labute approximate surface area is 106 Å². The van der Waals surface area contributed by atoms with E-state index >= 15 is 0 Å². The molecule has 5 heteroatoms. The van der Waals surface area contributed by atoms with Gasteiger partial charge in [0.2, 0.25) is 11.7 Å². The van der Waals surface area contributed by atoms with E-state index in [4.69, 9.17) is 9.26 Å². The van der Waals surface area contributed by atoms with Gasteiger partial charge in [-0.1, -0.05) is 5.16 Å². The van der Waals surface area contributed by atoms with Gasteiger partial charge in [0.1, 0.15) is 5.60 Å². The minimum Gasteiger partial charge on any atom is -0.367 e. The zero-order valence-electron chi connectivity index (χ0n) is 10.7. The summed E-state index contributed by atoms with van der Waals surface area (Å²) in [7, 11) is 0. The van der Waals surface area contributed by atoms with E-state index in [1.165, 1.54) is 12.8 Å². The molecule has 3 fully saturated rings. The van der Waals surface area contributed by atoms with Crippen LogP contribution in [0.5, 0.6) is 0 Å². The fourth-order valence-corrected chi connectivity index (χ4v) is 3.65. The maximum absolute atomic E-state index is 5.76. The van der Waals surface area contributed by atoms with Crippen LogP contribution in [0.4, 0.5) is 0 Å². The van der Waals surface area contributed by atoms with Crippen molar-refractivity contribution in [1.29, 1.82) is 0 Å². The first kappa shape index (κ1) is 10.9. The van der Waals surface area contributed by atoms with Crippen molar-refractivity contribution in [2.45, 2.75) is 62.6 Å². The molecule has 0 saturated carbocycles. The van der Waals surface area contributed by atoms with Gasteiger partial charge in [0, 0.05) is 18.7 Å². The van der Waals surface area contributed by atoms with E-state index in [2.05, 4.69) is 22.4 Å². The van der Waals surface area contributed by atoms with E-state index < -0.39 is 0 Å². The lowest BCUT2D eigenvalue weighted by Gasteiger charge is -2.18. The predicted octanol–water partition coefficient (Wildman–Crippen LogP) is 1.70. The topological polar surface area (TPSA) is 60.2 Å². The van der Waals surface area contributed by atoms with Gasteiger partial charge in [-0.2, -0.15) is 4.98 Å². The Morgan fingerprint density at radius 3 is 3.00 bits per heavy atom. The van der Waals surface area contributed by atoms with Gasteiger partial charge in [0.05, 0.1) is 5.92 Å². The van der Waals surface area contributed by atoms with Gasteiger partial charge in [-0.15, -0.1) is 0 Å². The van der Waals surface area contributed by atoms with Gasteiger partial charge >= 0.3 is 0 Å². The monoisotopic (exact) mass is 249 g/mol. The Bertz CT molecular complexity index is 453. The molecule has 0 amide bonds. The van der Waals surface area contributed by atoms with Crippen molar-refractivity contribution in [3.63, 3.8) is 0 Å². The lowest BCUT2D eigenvalue weighted by molar-refractivity contribution is 0.00768. The van der Waals surface area contributed by atoms with Crippen LogP contribution in [-0.4, -0.2) is 28.8 Å². The Kier molecular flexibility index (Phi) is 2.29. The van der Waals surface area contributed by atoms with Crippen molar-refractivity contribution in [2.24, 2.45) is 0 Å². The number of aromatic nitrogens is 2. The van der Waals surface area contributed by atoms with Crippen molar-refractivity contribution in [2.75, 3.05) is 6.61 Å². The van der Waals surface area contributed by atoms with Crippen molar-refractivity contribution in [3.05, 3.63) is 11.7 Å². The molecule has 4 unspecified atom stereocenters. The van der Waals surface area contributed by atoms with E-state index in [0.717, 1.165) is 37.6 Å². The number of ether oxygens (including phenoxy) is 1. The summed E-state index contributed by atoms with van der Waals surface area (Å²) in [6.45, 7) is 2.86. The van der Waals surface area contributed by atoms with Crippen molar-refractivity contribution in [3.8, 4) is 0 Å². The molecule has 1 aromatic rings. The van der Waals surface area contributed by atoms with Gasteiger partial charge in [0.15, 0.2) is 0 Å². The Hall–Kier alpha value is -0.940. The average Bonchev–Trinajstić information content (AvgIpc) is 3.13. The van der Waals surface area contributed by atoms with Crippen LogP contribution < -0.4 is 5.32 Å². The number of nitrogens with zero attached hydrogens (tertiary/aromatic N) is 2. The van der Waals surface area contributed by atoms with E-state index in [0.29, 0.717) is 18.0 Å². The molecular weight excluding hydrogens is 230 g/mol. The Morgan fingerprint density at radius 2 is 2.33 bits per heavy atom. The molecular formula is C13H19N3O2. The van der Waals surface area contributed by atoms with Gasteiger partial charge in [-0.25, -0.2) is 0 Å². The van der Waals surface area contributed by atoms with E-state index in [1.54, 1.807) is 0 Å². The molecule has 1 aromatic heterocycles. The smallest absolute Gasteiger partial charge is 0.231 e. The van der Waals surface area contributed by atoms with E-state index in [-0.39, 0.29) is 5.60 Å². The summed E-state index contributed by atoms with van der Waals surface area (Å²) in [5, 5.41) is 7.76. The van der Waals surface area contributed by atoms with Crippen molar-refractivity contribution < 1.29 is 9.26 Å². The highest BCUT2D eigenvalue weighted by molar-refractivity contribution is 5.12. The number of hydrogen-bond donors (Lipinski definition) is 1. The molecule has 0 aromatic carbocycles. The Balaban J connectivity index is 1.58. The molecule has 0 spiro atoms. The van der Waals surface area contributed by atoms with Gasteiger partial charge in [-0.05, 0) is 39.0 Å². The zero-order valence-corrected chi connectivity index (χ0v) is 10.7. The summed E-state index contributed by atoms with van der Waals surface area (Å²) in [5.74, 6) is 1.95. The zero-order chi connectivity index (χ0) is 12.2. The number of rotatable bonds is 2. The molecule has 3 aliphatic rings. The fourth-order valence-electron chi connectivity index (χ4n) is 3.65. The van der Waals surface area contributed by atoms with Crippen LogP contribution in [-0.2, 0) is 10.3 Å². The molecule has 18 heavy (non-hydrogen) atoms. The normalized spacial score (nSPS) is 42.8. The molecule has 5 nitrogen and oxygen atoms in total. The molecule has 0 aliphatic carbocycles. The highest BCUT2D eigenvalue weighted by Crippen LogP contribution is 2.40. The molecule has 98 valence electrons. The summed E-state index contributed by atoms with van der Waals surface area (Å²) < 4.78 is 11.3. The van der Waals surface area contributed by atoms with Crippen LogP contribution in [0.25, 0.3) is 0 Å². The first-order chi connectivity index (χ1) is 8.74. The third kappa shape index (κ3) is 1.53. The third-order valence-corrected chi connectivity index (χ3v) is 4.75. The lowest BCUT2D eigenvalue weighted by Crippen LogP contribution is -2.23. The van der Waals surface area contributed by atoms with Gasteiger partial charge in [-0.3, -0.25) is 0 Å². The highest BCUT2D eigenvalue weighted by atomic mass is 16.5. The van der Waals surface area contributed by atoms with Crippen LogP contribution in [0.3, 0.4) is 0 Å². The summed E-state index contributed by atoms with van der Waals surface area (Å²) in [6, 6.07) is 1.20. The van der Waals surface area contributed by atoms with Crippen LogP contribution in [0.15, 0.2) is 4.52 Å². The van der Waals surface area contributed by atoms with Crippen LogP contribution in [0.1, 0.15) is 56.7 Å². The summed E-state index contributed by atoms with van der Waals surface area (Å²) in [4.78, 5) is 4.62. The minimum absolute atomic E-state index is 0.327. The minimum atomic E-state index is -0.327. The highest BCUT2D eigenvalue weighted by Gasteiger charge is 2.44. The molecule has 4 rings (SSSR count). The Morgan fingerprint density at radius 1 is 1.39 bits per heavy atom. The molecule has 4 heterocycles. The number of fused-ring (bicyclic) bond motifs is 2. The number of nitrogens with one attached hydrogen (secondary N) is 1. The fraction of sp³-hybridized carbons (Fsp3) is 0.846. The van der Waals surface area contributed by atoms with Crippen molar-refractivity contribution in [1.82, 2.24) is 15.5 Å². The predicted molar refractivity (Wildman–Crippen MR) is 64.1 cm³/mol. The second-order valence-electron chi connectivity index (χ2n) is 6.03. The van der Waals surface area contributed by atoms with Gasteiger partial charge < -0.3 is 14.6 Å². The summed E-state index contributed by atoms with van der Waals surface area (Å²) in [5.41, 5.74) is -0.327. The second kappa shape index (κ2) is 3.78. The molecule has 1 N–H and O–H groups in total. The molecule has 4 atom stereocenters. The molecule has 3 aliphatic heterocycles. The van der Waals surface area contributed by atoms with E-state index in [9.17, 15) is 0 Å². The number of hydrogen-bond acceptors (Lipinski definition) is 5. The maximum atomic E-state index is 5.76. The van der Waals surface area contributed by atoms with E-state index in [1.807, 2.05) is 0 Å². The maximum Gasteiger partial charge on any atom is 0.231 e. The summed E-state index contributed by atoms with van der Waals surface area (Å²) >= 11 is 0. The van der Waals surface area contributed by atoms with Crippen LogP contribution in [0, 0.1) is 0 Å². The first-order valence-corrected chi connectivity index (χ1v) is 6.99. The van der Waals surface area contributed by atoms with Gasteiger partial charge in [0.25, 0.3) is 0 Å². The largest absolute Gasteiger partial charge is 0.367 e. The summed E-state index contributed by atoms with van der Waals surface area (Å²) in [6.07, 6.45) is 5.74. The third-order valence-electron chi connectivity index (χ3n) is 4.75. The average molecular weight is 249 g/mol. The van der Waals surface area contributed by atoms with Crippen molar-refractivity contribution >= 4 is 0 Å². The first-order valence-electron chi connectivity index (χ1n) is 6.99. The standard InChI is InChI=1S/C13H19N3O2/c1-13(5-2-6-17-13)12-15-11(18-16-12)9-7-8-3-4-10(9)14-8/h8-10,14H,2-7H2,1H3. The second-order valence-corrected chi connectivity index (χ2v) is 6.03. The molecule has 0 radical (unpaired) electrons. The molecule has 2 bridgehead atoms. The van der Waals surface area contributed by atoms with Crippen LogP contribution >= 0.6 is 0 Å². The molecule has 3 saturated heterocycles. The SMILES string of the molecule is CC1(c2noc(C3CC4CCC3N4)n2)CCCO1.